The number of benzene rings is 2. The van der Waals surface area contributed by atoms with Gasteiger partial charge in [-0.25, -0.2) is 14.0 Å². The monoisotopic (exact) mass is 430 g/mol. The van der Waals surface area contributed by atoms with Crippen LogP contribution in [0.2, 0.25) is 0 Å². The molecule has 3 aromatic rings. The molecule has 1 N–H and O–H groups in total. The summed E-state index contributed by atoms with van der Waals surface area (Å²) in [7, 11) is -4.01. The van der Waals surface area contributed by atoms with E-state index in [4.69, 9.17) is 18.3 Å². The van der Waals surface area contributed by atoms with Crippen LogP contribution in [0, 0.1) is 0 Å². The molecule has 1 fully saturated rings. The third-order valence-electron chi connectivity index (χ3n) is 4.02. The number of phosphoric acid groups is 1. The van der Waals surface area contributed by atoms with Crippen LogP contribution in [-0.4, -0.2) is 33.7 Å². The van der Waals surface area contributed by atoms with E-state index in [9.17, 15) is 9.36 Å². The number of carbonyl (C=O) groups is 1. The molecule has 1 unspecified atom stereocenters. The van der Waals surface area contributed by atoms with E-state index in [0.29, 0.717) is 30.3 Å². The third-order valence-corrected chi connectivity index (χ3v) is 5.33. The normalized spacial score (nSPS) is 16.0. The molecule has 4 rings (SSSR count). The molecule has 0 spiro atoms. The lowest BCUT2D eigenvalue weighted by Crippen LogP contribution is -2.20. The molecule has 0 aliphatic carbocycles. The fourth-order valence-electron chi connectivity index (χ4n) is 2.67. The average molecular weight is 430 g/mol. The highest BCUT2D eigenvalue weighted by Gasteiger charge is 2.31. The van der Waals surface area contributed by atoms with E-state index in [1.54, 1.807) is 54.7 Å². The fourth-order valence-corrected chi connectivity index (χ4v) is 3.87. The summed E-state index contributed by atoms with van der Waals surface area (Å²) >= 11 is 0. The van der Waals surface area contributed by atoms with Crippen LogP contribution in [-0.2, 0) is 27.0 Å². The summed E-state index contributed by atoms with van der Waals surface area (Å²) in [6.45, 7) is 0.583. The summed E-state index contributed by atoms with van der Waals surface area (Å²) < 4.78 is 36.5. The second-order valence-corrected chi connectivity index (χ2v) is 7.89. The van der Waals surface area contributed by atoms with E-state index in [0.717, 1.165) is 0 Å². The second kappa shape index (κ2) is 8.98. The van der Waals surface area contributed by atoms with Gasteiger partial charge in [-0.3, -0.25) is 4.52 Å². The van der Waals surface area contributed by atoms with Gasteiger partial charge >= 0.3 is 13.9 Å². The van der Waals surface area contributed by atoms with E-state index in [1.165, 1.54) is 4.68 Å². The smallest absolute Gasteiger partial charge is 0.442 e. The van der Waals surface area contributed by atoms with Gasteiger partial charge in [0.05, 0.1) is 19.3 Å². The molecule has 0 bridgehead atoms. The molecule has 10 nitrogen and oxygen atoms in total. The molecule has 11 heteroatoms. The van der Waals surface area contributed by atoms with Gasteiger partial charge in [0.2, 0.25) is 0 Å². The number of hydrogen-bond donors (Lipinski definition) is 1. The number of ether oxygens (including phenoxy) is 1. The zero-order valence-electron chi connectivity index (χ0n) is 15.8. The fraction of sp³-hybridized carbons (Fsp3) is 0.211. The summed E-state index contributed by atoms with van der Waals surface area (Å²) in [5.74, 6) is 0.687. The number of carbonyl (C=O) groups excluding carboxylic acids is 1. The number of amides is 1. The molecule has 2 heterocycles. The summed E-state index contributed by atoms with van der Waals surface area (Å²) in [5.41, 5.74) is 0.417. The number of hydrogen-bond acceptors (Lipinski definition) is 8. The zero-order valence-corrected chi connectivity index (χ0v) is 16.7. The minimum atomic E-state index is -4.01. The molecule has 1 aromatic heterocycles. The number of para-hydroxylation sites is 2. The maximum atomic E-state index is 13.3. The topological polar surface area (TPSA) is 114 Å². The molecule has 2 aromatic carbocycles. The number of cyclic esters (lactones) is 1. The van der Waals surface area contributed by atoms with Crippen LogP contribution in [0.25, 0.3) is 0 Å². The number of aromatic nitrogens is 3. The highest BCUT2D eigenvalue weighted by Crippen LogP contribution is 2.50. The van der Waals surface area contributed by atoms with Gasteiger partial charge in [-0.15, -0.1) is 5.10 Å². The van der Waals surface area contributed by atoms with Crippen molar-refractivity contribution in [2.45, 2.75) is 19.3 Å². The number of nitrogens with one attached hydrogen (secondary N) is 1. The predicted octanol–water partition coefficient (Wildman–Crippen LogP) is 3.17. The van der Waals surface area contributed by atoms with Crippen molar-refractivity contribution in [3.05, 3.63) is 72.6 Å². The first-order valence-corrected chi connectivity index (χ1v) is 10.6. The van der Waals surface area contributed by atoms with E-state index in [1.807, 2.05) is 12.1 Å². The third kappa shape index (κ3) is 5.37. The predicted molar refractivity (Wildman–Crippen MR) is 105 cm³/mol. The SMILES string of the molecule is O=C1NCC(Cn2cc(COP(=O)(Oc3ccccc3)Oc3ccccc3)nn2)O1. The number of nitrogens with zero attached hydrogens (tertiary/aromatic N) is 3. The summed E-state index contributed by atoms with van der Waals surface area (Å²) in [6.07, 6.45) is 0.823. The first kappa shape index (κ1) is 19.9. The van der Waals surface area contributed by atoms with Crippen molar-refractivity contribution in [2.24, 2.45) is 0 Å². The van der Waals surface area contributed by atoms with E-state index >= 15 is 0 Å². The minimum absolute atomic E-state index is 0.153. The van der Waals surface area contributed by atoms with Crippen LogP contribution in [0.5, 0.6) is 11.5 Å². The van der Waals surface area contributed by atoms with E-state index < -0.39 is 13.9 Å². The van der Waals surface area contributed by atoms with Gasteiger partial charge in [0, 0.05) is 0 Å². The molecule has 156 valence electrons. The van der Waals surface area contributed by atoms with Gasteiger partial charge in [-0.1, -0.05) is 41.6 Å². The average Bonchev–Trinajstić information content (AvgIpc) is 3.37. The van der Waals surface area contributed by atoms with Crippen LogP contribution in [0.1, 0.15) is 5.69 Å². The largest absolute Gasteiger partial charge is 0.587 e. The second-order valence-electron chi connectivity index (χ2n) is 6.37. The van der Waals surface area contributed by atoms with Crippen LogP contribution < -0.4 is 14.4 Å². The molecular formula is C19H19N4O6P. The summed E-state index contributed by atoms with van der Waals surface area (Å²) in [5, 5.41) is 10.5. The Balaban J connectivity index is 1.42. The van der Waals surface area contributed by atoms with Crippen molar-refractivity contribution in [3.63, 3.8) is 0 Å². The molecule has 1 saturated heterocycles. The minimum Gasteiger partial charge on any atom is -0.442 e. The molecule has 0 radical (unpaired) electrons. The highest BCUT2D eigenvalue weighted by atomic mass is 31.2. The first-order chi connectivity index (χ1) is 14.6. The van der Waals surface area contributed by atoms with Gasteiger partial charge in [-0.2, -0.15) is 0 Å². The Bertz CT molecular complexity index is 984. The Morgan fingerprint density at radius 3 is 2.27 bits per heavy atom. The molecule has 1 aliphatic heterocycles. The van der Waals surface area contributed by atoms with Gasteiger partial charge in [-0.05, 0) is 24.3 Å². The number of alkyl carbamates (subject to hydrolysis) is 1. The maximum absolute atomic E-state index is 13.3. The van der Waals surface area contributed by atoms with Gasteiger partial charge in [0.15, 0.2) is 0 Å². The molecule has 1 amide bonds. The zero-order chi connectivity index (χ0) is 20.8. The Kier molecular flexibility index (Phi) is 5.97. The molecule has 1 aliphatic rings. The standard InChI is InChI=1S/C19H19N4O6P/c24-19-20-11-18(27-19)13-23-12-15(21-22-23)14-26-30(25,28-16-7-3-1-4-8-16)29-17-9-5-2-6-10-17/h1-10,12,18H,11,13-14H2,(H,20,24). The quantitative estimate of drug-likeness (QED) is 0.515. The highest BCUT2D eigenvalue weighted by molar-refractivity contribution is 7.49. The van der Waals surface area contributed by atoms with Crippen molar-refractivity contribution in [2.75, 3.05) is 6.54 Å². The lowest BCUT2D eigenvalue weighted by atomic mass is 10.3. The Morgan fingerprint density at radius 2 is 1.70 bits per heavy atom. The van der Waals surface area contributed by atoms with Crippen molar-refractivity contribution < 1.29 is 27.7 Å². The maximum Gasteiger partial charge on any atom is 0.587 e. The Morgan fingerprint density at radius 1 is 1.07 bits per heavy atom. The van der Waals surface area contributed by atoms with Crippen LogP contribution in [0.15, 0.2) is 66.9 Å². The lowest BCUT2D eigenvalue weighted by molar-refractivity contribution is 0.128. The lowest BCUT2D eigenvalue weighted by Gasteiger charge is -2.18. The van der Waals surface area contributed by atoms with Crippen molar-refractivity contribution >= 4 is 13.9 Å². The number of rotatable bonds is 9. The van der Waals surface area contributed by atoms with E-state index in [-0.39, 0.29) is 12.7 Å². The van der Waals surface area contributed by atoms with Gasteiger partial charge < -0.3 is 19.1 Å². The van der Waals surface area contributed by atoms with E-state index in [2.05, 4.69) is 15.6 Å². The van der Waals surface area contributed by atoms with Crippen LogP contribution in [0.4, 0.5) is 4.79 Å². The summed E-state index contributed by atoms with van der Waals surface area (Å²) in [4.78, 5) is 11.1. The Hall–Kier alpha value is -3.36. The Labute approximate surface area is 172 Å². The van der Waals surface area contributed by atoms with Crippen LogP contribution >= 0.6 is 7.82 Å². The first-order valence-electron chi connectivity index (χ1n) is 9.15. The van der Waals surface area contributed by atoms with Crippen LogP contribution in [0.3, 0.4) is 0 Å². The van der Waals surface area contributed by atoms with Crippen molar-refractivity contribution in [1.82, 2.24) is 20.3 Å². The van der Waals surface area contributed by atoms with Gasteiger partial charge in [0.1, 0.15) is 29.9 Å². The molecule has 0 saturated carbocycles. The molecule has 30 heavy (non-hydrogen) atoms. The van der Waals surface area contributed by atoms with Crippen molar-refractivity contribution in [1.29, 1.82) is 0 Å². The molecular weight excluding hydrogens is 411 g/mol. The molecule has 1 atom stereocenters. The van der Waals surface area contributed by atoms with Gasteiger partial charge in [0.25, 0.3) is 0 Å². The number of phosphoric ester groups is 1. The van der Waals surface area contributed by atoms with Crippen molar-refractivity contribution in [3.8, 4) is 11.5 Å². The summed E-state index contributed by atoms with van der Waals surface area (Å²) in [6, 6.07) is 17.2.